The fraction of sp³-hybridized carbons (Fsp3) is 0.267. The molecule has 5 heteroatoms. The highest BCUT2D eigenvalue weighted by molar-refractivity contribution is 5.46. The molecule has 0 saturated heterocycles. The van der Waals surface area contributed by atoms with Gasteiger partial charge >= 0.3 is 0 Å². The van der Waals surface area contributed by atoms with Gasteiger partial charge in [0, 0.05) is 11.8 Å². The monoisotopic (exact) mass is 275 g/mol. The molecule has 1 aromatic carbocycles. The van der Waals surface area contributed by atoms with E-state index in [2.05, 4.69) is 4.98 Å². The molecule has 1 N–H and O–H groups in total. The van der Waals surface area contributed by atoms with Crippen molar-refractivity contribution in [2.45, 2.75) is 6.10 Å². The Morgan fingerprint density at radius 3 is 2.30 bits per heavy atom. The lowest BCUT2D eigenvalue weighted by molar-refractivity contribution is 0.213. The average molecular weight is 275 g/mol. The van der Waals surface area contributed by atoms with Crippen LogP contribution in [0.2, 0.25) is 0 Å². The van der Waals surface area contributed by atoms with Gasteiger partial charge in [0.1, 0.15) is 11.9 Å². The second kappa shape index (κ2) is 6.25. The van der Waals surface area contributed by atoms with Gasteiger partial charge in [-0.15, -0.1) is 0 Å². The lowest BCUT2D eigenvalue weighted by atomic mass is 10.0. The van der Waals surface area contributed by atoms with Crippen LogP contribution in [0.25, 0.3) is 0 Å². The van der Waals surface area contributed by atoms with E-state index in [-0.39, 0.29) is 0 Å². The van der Waals surface area contributed by atoms with E-state index >= 15 is 0 Å². The number of hydrogen-bond acceptors (Lipinski definition) is 5. The zero-order valence-electron chi connectivity index (χ0n) is 11.7. The summed E-state index contributed by atoms with van der Waals surface area (Å²) in [6, 6.07) is 7.00. The van der Waals surface area contributed by atoms with Crippen molar-refractivity contribution in [3.05, 3.63) is 47.8 Å². The van der Waals surface area contributed by atoms with Crippen LogP contribution in [0, 0.1) is 0 Å². The van der Waals surface area contributed by atoms with Crippen molar-refractivity contribution in [1.29, 1.82) is 0 Å². The first-order valence-corrected chi connectivity index (χ1v) is 6.09. The van der Waals surface area contributed by atoms with Gasteiger partial charge in [-0.05, 0) is 23.8 Å². The van der Waals surface area contributed by atoms with Crippen molar-refractivity contribution >= 4 is 0 Å². The van der Waals surface area contributed by atoms with E-state index in [1.807, 2.05) is 0 Å². The summed E-state index contributed by atoms with van der Waals surface area (Å²) in [4.78, 5) is 3.97. The standard InChI is InChI=1S/C15H17NO4/c1-18-12-5-4-10(8-13(12)19-2)15(17)11-6-7-16-9-14(11)20-3/h4-9,15,17H,1-3H3. The van der Waals surface area contributed by atoms with Gasteiger partial charge in [-0.2, -0.15) is 0 Å². The third kappa shape index (κ3) is 2.67. The summed E-state index contributed by atoms with van der Waals surface area (Å²) < 4.78 is 15.6. The SMILES string of the molecule is COc1ccc(C(O)c2ccncc2OC)cc1OC. The van der Waals surface area contributed by atoms with E-state index in [9.17, 15) is 5.11 Å². The third-order valence-corrected chi connectivity index (χ3v) is 3.05. The van der Waals surface area contributed by atoms with E-state index in [1.165, 1.54) is 0 Å². The number of aromatic nitrogens is 1. The second-order valence-electron chi connectivity index (χ2n) is 4.13. The molecule has 1 atom stereocenters. The lowest BCUT2D eigenvalue weighted by Gasteiger charge is -2.16. The molecule has 2 rings (SSSR count). The Labute approximate surface area is 117 Å². The van der Waals surface area contributed by atoms with E-state index in [0.29, 0.717) is 28.4 Å². The maximum Gasteiger partial charge on any atom is 0.161 e. The summed E-state index contributed by atoms with van der Waals surface area (Å²) in [5, 5.41) is 10.5. The summed E-state index contributed by atoms with van der Waals surface area (Å²) in [7, 11) is 4.67. The number of rotatable bonds is 5. The predicted octanol–water partition coefficient (Wildman–Crippen LogP) is 2.19. The average Bonchev–Trinajstić information content (AvgIpc) is 2.53. The molecule has 0 fully saturated rings. The maximum atomic E-state index is 10.5. The van der Waals surface area contributed by atoms with E-state index in [4.69, 9.17) is 14.2 Å². The highest BCUT2D eigenvalue weighted by Crippen LogP contribution is 2.34. The molecule has 0 aliphatic rings. The van der Waals surface area contributed by atoms with Crippen LogP contribution in [0.15, 0.2) is 36.7 Å². The predicted molar refractivity (Wildman–Crippen MR) is 74.4 cm³/mol. The fourth-order valence-corrected chi connectivity index (χ4v) is 1.99. The molecule has 0 amide bonds. The molecule has 0 aliphatic heterocycles. The van der Waals surface area contributed by atoms with Crippen LogP contribution in [-0.4, -0.2) is 31.4 Å². The topological polar surface area (TPSA) is 60.8 Å². The van der Waals surface area contributed by atoms with Crippen molar-refractivity contribution < 1.29 is 19.3 Å². The van der Waals surface area contributed by atoms with Crippen LogP contribution >= 0.6 is 0 Å². The van der Waals surface area contributed by atoms with Crippen molar-refractivity contribution in [1.82, 2.24) is 4.98 Å². The van der Waals surface area contributed by atoms with Crippen molar-refractivity contribution in [3.8, 4) is 17.2 Å². The molecule has 5 nitrogen and oxygen atoms in total. The summed E-state index contributed by atoms with van der Waals surface area (Å²) in [6.07, 6.45) is 2.36. The molecule has 1 heterocycles. The molecule has 0 bridgehead atoms. The number of ether oxygens (including phenoxy) is 3. The van der Waals surface area contributed by atoms with Crippen molar-refractivity contribution in [2.24, 2.45) is 0 Å². The zero-order chi connectivity index (χ0) is 14.5. The zero-order valence-corrected chi connectivity index (χ0v) is 11.7. The molecule has 0 spiro atoms. The Morgan fingerprint density at radius 1 is 0.950 bits per heavy atom. The number of aliphatic hydroxyl groups excluding tert-OH is 1. The Hall–Kier alpha value is -2.27. The summed E-state index contributed by atoms with van der Waals surface area (Å²) in [6.45, 7) is 0. The number of nitrogens with zero attached hydrogens (tertiary/aromatic N) is 1. The normalized spacial score (nSPS) is 11.8. The van der Waals surface area contributed by atoms with Gasteiger partial charge in [-0.1, -0.05) is 6.07 Å². The van der Waals surface area contributed by atoms with Gasteiger partial charge in [0.15, 0.2) is 11.5 Å². The van der Waals surface area contributed by atoms with Crippen molar-refractivity contribution in [2.75, 3.05) is 21.3 Å². The number of hydrogen-bond donors (Lipinski definition) is 1. The second-order valence-corrected chi connectivity index (χ2v) is 4.13. The van der Waals surface area contributed by atoms with Gasteiger partial charge in [0.2, 0.25) is 0 Å². The highest BCUT2D eigenvalue weighted by Gasteiger charge is 2.17. The minimum Gasteiger partial charge on any atom is -0.495 e. The Bertz CT molecular complexity index is 586. The van der Waals surface area contributed by atoms with Crippen LogP contribution in [0.3, 0.4) is 0 Å². The molecular weight excluding hydrogens is 258 g/mol. The molecule has 0 radical (unpaired) electrons. The van der Waals surface area contributed by atoms with Crippen LogP contribution in [-0.2, 0) is 0 Å². The van der Waals surface area contributed by atoms with Crippen molar-refractivity contribution in [3.63, 3.8) is 0 Å². The summed E-state index contributed by atoms with van der Waals surface area (Å²) >= 11 is 0. The minimum absolute atomic E-state index is 0.537. The van der Waals surface area contributed by atoms with E-state index < -0.39 is 6.10 Å². The number of methoxy groups -OCH3 is 3. The maximum absolute atomic E-state index is 10.5. The molecule has 106 valence electrons. The molecular formula is C15H17NO4. The first-order valence-electron chi connectivity index (χ1n) is 6.09. The Morgan fingerprint density at radius 2 is 1.65 bits per heavy atom. The number of aliphatic hydroxyl groups is 1. The lowest BCUT2D eigenvalue weighted by Crippen LogP contribution is -2.03. The fourth-order valence-electron chi connectivity index (χ4n) is 1.99. The molecule has 0 saturated carbocycles. The smallest absolute Gasteiger partial charge is 0.161 e. The number of pyridine rings is 1. The van der Waals surface area contributed by atoms with E-state index in [0.717, 1.165) is 0 Å². The third-order valence-electron chi connectivity index (χ3n) is 3.05. The minimum atomic E-state index is -0.826. The molecule has 1 aromatic heterocycles. The van der Waals surface area contributed by atoms with Gasteiger partial charge < -0.3 is 19.3 Å². The van der Waals surface area contributed by atoms with E-state index in [1.54, 1.807) is 58.0 Å². The van der Waals surface area contributed by atoms with Crippen LogP contribution < -0.4 is 14.2 Å². The number of benzene rings is 1. The molecule has 20 heavy (non-hydrogen) atoms. The van der Waals surface area contributed by atoms with Gasteiger partial charge in [0.05, 0.1) is 27.5 Å². The van der Waals surface area contributed by atoms with Gasteiger partial charge in [-0.3, -0.25) is 4.98 Å². The Balaban J connectivity index is 2.40. The molecule has 2 aromatic rings. The quantitative estimate of drug-likeness (QED) is 0.906. The molecule has 1 unspecified atom stereocenters. The van der Waals surface area contributed by atoms with Gasteiger partial charge in [0.25, 0.3) is 0 Å². The van der Waals surface area contributed by atoms with Crippen LogP contribution in [0.5, 0.6) is 17.2 Å². The largest absolute Gasteiger partial charge is 0.495 e. The van der Waals surface area contributed by atoms with Gasteiger partial charge in [-0.25, -0.2) is 0 Å². The first-order chi connectivity index (χ1) is 9.71. The summed E-state index contributed by atoms with van der Waals surface area (Å²) in [5.41, 5.74) is 1.34. The van der Waals surface area contributed by atoms with Crippen LogP contribution in [0.1, 0.15) is 17.2 Å². The highest BCUT2D eigenvalue weighted by atomic mass is 16.5. The summed E-state index contributed by atoms with van der Waals surface area (Å²) in [5.74, 6) is 1.72. The first kappa shape index (κ1) is 14.1. The Kier molecular flexibility index (Phi) is 4.42. The molecule has 0 aliphatic carbocycles. The van der Waals surface area contributed by atoms with Crippen LogP contribution in [0.4, 0.5) is 0 Å².